The zero-order chi connectivity index (χ0) is 14.2. The predicted molar refractivity (Wildman–Crippen MR) is 82.4 cm³/mol. The predicted octanol–water partition coefficient (Wildman–Crippen LogP) is 3.66. The smallest absolute Gasteiger partial charge is 0.170 e. The van der Waals surface area contributed by atoms with Gasteiger partial charge in [-0.3, -0.25) is 4.79 Å². The van der Waals surface area contributed by atoms with E-state index in [-0.39, 0.29) is 11.4 Å². The molecule has 0 atom stereocenters. The zero-order valence-corrected chi connectivity index (χ0v) is 13.4. The van der Waals surface area contributed by atoms with Crippen molar-refractivity contribution in [2.45, 2.75) is 38.2 Å². The van der Waals surface area contributed by atoms with E-state index in [4.69, 9.17) is 4.74 Å². The highest BCUT2D eigenvalue weighted by atomic mass is 79.9. The van der Waals surface area contributed by atoms with Crippen molar-refractivity contribution in [3.8, 4) is 5.75 Å². The minimum absolute atomic E-state index is 0.219. The maximum Gasteiger partial charge on any atom is 0.170 e. The second kappa shape index (κ2) is 5.49. The van der Waals surface area contributed by atoms with Gasteiger partial charge in [0, 0.05) is 30.4 Å². The van der Waals surface area contributed by atoms with E-state index in [1.807, 2.05) is 18.2 Å². The Morgan fingerprint density at radius 1 is 1.35 bits per heavy atom. The number of ether oxygens (including phenoxy) is 1. The number of likely N-dealkylation sites (tertiary alicyclic amines) is 1. The molecule has 0 radical (unpaired) electrons. The lowest BCUT2D eigenvalue weighted by atomic mass is 9.82. The molecule has 0 bridgehead atoms. The van der Waals surface area contributed by atoms with E-state index < -0.39 is 0 Å². The van der Waals surface area contributed by atoms with Gasteiger partial charge in [0.05, 0.1) is 12.0 Å². The van der Waals surface area contributed by atoms with E-state index in [9.17, 15) is 4.79 Å². The molecule has 1 aromatic rings. The maximum absolute atomic E-state index is 12.4. The van der Waals surface area contributed by atoms with Crippen LogP contribution in [0.5, 0.6) is 5.75 Å². The van der Waals surface area contributed by atoms with E-state index in [0.29, 0.717) is 6.42 Å². The summed E-state index contributed by atoms with van der Waals surface area (Å²) in [5.41, 5.74) is 0.461. The standard InChI is InChI=1S/C16H20BrNO2/c1-2-7-18-8-5-16(6-9-18)11-14(19)13-10-12(17)3-4-15(13)20-16/h3-4,10H,2,5-9,11H2,1H3. The molecule has 0 aromatic heterocycles. The van der Waals surface area contributed by atoms with Crippen LogP contribution in [-0.2, 0) is 0 Å². The number of Topliss-reactive ketones (excluding diaryl/α,β-unsaturated/α-hetero) is 1. The number of benzene rings is 1. The number of halogens is 1. The summed E-state index contributed by atoms with van der Waals surface area (Å²) >= 11 is 3.42. The third kappa shape index (κ3) is 2.63. The van der Waals surface area contributed by atoms with Crippen LogP contribution >= 0.6 is 15.9 Å². The van der Waals surface area contributed by atoms with Crippen molar-refractivity contribution in [2.75, 3.05) is 19.6 Å². The normalized spacial score (nSPS) is 21.6. The van der Waals surface area contributed by atoms with Crippen molar-refractivity contribution in [1.29, 1.82) is 0 Å². The summed E-state index contributed by atoms with van der Waals surface area (Å²) in [7, 11) is 0. The molecule has 0 unspecified atom stereocenters. The highest BCUT2D eigenvalue weighted by Crippen LogP contribution is 2.40. The van der Waals surface area contributed by atoms with Gasteiger partial charge < -0.3 is 9.64 Å². The maximum atomic E-state index is 12.4. The van der Waals surface area contributed by atoms with Crippen LogP contribution < -0.4 is 4.74 Å². The van der Waals surface area contributed by atoms with Crippen LogP contribution in [0.3, 0.4) is 0 Å². The minimum atomic E-state index is -0.262. The van der Waals surface area contributed by atoms with Crippen LogP contribution in [0.4, 0.5) is 0 Å². The first kappa shape index (κ1) is 14.1. The summed E-state index contributed by atoms with van der Waals surface area (Å²) in [4.78, 5) is 14.9. The molecule has 0 aliphatic carbocycles. The van der Waals surface area contributed by atoms with Crippen LogP contribution in [0.25, 0.3) is 0 Å². The highest BCUT2D eigenvalue weighted by molar-refractivity contribution is 9.10. The lowest BCUT2D eigenvalue weighted by molar-refractivity contribution is -0.00888. The first-order valence-corrected chi connectivity index (χ1v) is 8.15. The largest absolute Gasteiger partial charge is 0.486 e. The van der Waals surface area contributed by atoms with Gasteiger partial charge in [-0.05, 0) is 31.2 Å². The average molecular weight is 338 g/mol. The van der Waals surface area contributed by atoms with Gasteiger partial charge in [0.1, 0.15) is 11.4 Å². The van der Waals surface area contributed by atoms with Crippen molar-refractivity contribution < 1.29 is 9.53 Å². The van der Waals surface area contributed by atoms with Crippen molar-refractivity contribution >= 4 is 21.7 Å². The van der Waals surface area contributed by atoms with Crippen molar-refractivity contribution in [2.24, 2.45) is 0 Å². The van der Waals surface area contributed by atoms with Crippen molar-refractivity contribution in [3.05, 3.63) is 28.2 Å². The molecule has 3 rings (SSSR count). The van der Waals surface area contributed by atoms with Gasteiger partial charge in [-0.15, -0.1) is 0 Å². The summed E-state index contributed by atoms with van der Waals surface area (Å²) < 4.78 is 7.18. The topological polar surface area (TPSA) is 29.5 Å². The Hall–Kier alpha value is -0.870. The highest BCUT2D eigenvalue weighted by Gasteiger charge is 2.42. The number of carbonyl (C=O) groups excluding carboxylic acids is 1. The van der Waals surface area contributed by atoms with E-state index >= 15 is 0 Å². The van der Waals surface area contributed by atoms with Crippen LogP contribution in [0.2, 0.25) is 0 Å². The van der Waals surface area contributed by atoms with E-state index in [1.165, 1.54) is 6.42 Å². The van der Waals surface area contributed by atoms with E-state index in [1.54, 1.807) is 0 Å². The fourth-order valence-electron chi connectivity index (χ4n) is 3.25. The summed E-state index contributed by atoms with van der Waals surface area (Å²) in [5, 5.41) is 0. The summed E-state index contributed by atoms with van der Waals surface area (Å²) in [6.45, 7) is 5.42. The third-order valence-corrected chi connectivity index (χ3v) is 4.85. The lowest BCUT2D eigenvalue weighted by Crippen LogP contribution is -2.51. The van der Waals surface area contributed by atoms with Gasteiger partial charge >= 0.3 is 0 Å². The lowest BCUT2D eigenvalue weighted by Gasteiger charge is -2.44. The number of piperidine rings is 1. The average Bonchev–Trinajstić information content (AvgIpc) is 2.43. The van der Waals surface area contributed by atoms with Crippen molar-refractivity contribution in [1.82, 2.24) is 4.90 Å². The molecular formula is C16H20BrNO2. The molecule has 1 fully saturated rings. The van der Waals surface area contributed by atoms with Crippen LogP contribution in [-0.4, -0.2) is 35.9 Å². The fraction of sp³-hybridized carbons (Fsp3) is 0.562. The molecule has 0 amide bonds. The van der Waals surface area contributed by atoms with E-state index in [0.717, 1.165) is 48.3 Å². The Morgan fingerprint density at radius 2 is 2.10 bits per heavy atom. The molecular weight excluding hydrogens is 318 g/mol. The molecule has 3 nitrogen and oxygen atoms in total. The molecule has 0 saturated carbocycles. The van der Waals surface area contributed by atoms with Gasteiger partial charge in [0.25, 0.3) is 0 Å². The molecule has 1 aromatic carbocycles. The number of hydrogen-bond acceptors (Lipinski definition) is 3. The fourth-order valence-corrected chi connectivity index (χ4v) is 3.61. The number of carbonyl (C=O) groups is 1. The summed E-state index contributed by atoms with van der Waals surface area (Å²) in [5.74, 6) is 0.977. The van der Waals surface area contributed by atoms with Crippen LogP contribution in [0, 0.1) is 0 Å². The first-order valence-electron chi connectivity index (χ1n) is 7.36. The molecule has 1 spiro atoms. The Bertz CT molecular complexity index is 521. The third-order valence-electron chi connectivity index (χ3n) is 4.36. The first-order chi connectivity index (χ1) is 9.62. The van der Waals surface area contributed by atoms with Gasteiger partial charge in [0.2, 0.25) is 0 Å². The zero-order valence-electron chi connectivity index (χ0n) is 11.8. The minimum Gasteiger partial charge on any atom is -0.486 e. The van der Waals surface area contributed by atoms with Gasteiger partial charge in [-0.2, -0.15) is 0 Å². The Kier molecular flexibility index (Phi) is 3.87. The number of fused-ring (bicyclic) bond motifs is 1. The molecule has 2 heterocycles. The quantitative estimate of drug-likeness (QED) is 0.824. The van der Waals surface area contributed by atoms with Gasteiger partial charge in [0.15, 0.2) is 5.78 Å². The molecule has 2 aliphatic rings. The number of ketones is 1. The summed E-state index contributed by atoms with van der Waals surface area (Å²) in [6, 6.07) is 5.73. The molecule has 108 valence electrons. The molecule has 20 heavy (non-hydrogen) atoms. The second-order valence-corrected chi connectivity index (χ2v) is 6.78. The number of nitrogens with zero attached hydrogens (tertiary/aromatic N) is 1. The molecule has 1 saturated heterocycles. The monoisotopic (exact) mass is 337 g/mol. The number of hydrogen-bond donors (Lipinski definition) is 0. The van der Waals surface area contributed by atoms with Crippen molar-refractivity contribution in [3.63, 3.8) is 0 Å². The molecule has 4 heteroatoms. The Balaban J connectivity index is 1.78. The molecule has 2 aliphatic heterocycles. The Morgan fingerprint density at radius 3 is 2.80 bits per heavy atom. The SMILES string of the molecule is CCCN1CCC2(CC1)CC(=O)c1cc(Br)ccc1O2. The second-order valence-electron chi connectivity index (χ2n) is 5.87. The van der Waals surface area contributed by atoms with E-state index in [2.05, 4.69) is 27.8 Å². The van der Waals surface area contributed by atoms with Gasteiger partial charge in [-0.25, -0.2) is 0 Å². The number of rotatable bonds is 2. The Labute approximate surface area is 128 Å². The van der Waals surface area contributed by atoms with Crippen LogP contribution in [0.15, 0.2) is 22.7 Å². The van der Waals surface area contributed by atoms with Crippen LogP contribution in [0.1, 0.15) is 43.0 Å². The van der Waals surface area contributed by atoms with Gasteiger partial charge in [-0.1, -0.05) is 22.9 Å². The summed E-state index contributed by atoms with van der Waals surface area (Å²) in [6.07, 6.45) is 3.61. The molecule has 0 N–H and O–H groups in total.